The average molecular weight is 521 g/mol. The number of carbonyl (C=O) groups excluding carboxylic acids is 1. The van der Waals surface area contributed by atoms with Gasteiger partial charge in [-0.2, -0.15) is 9.78 Å². The van der Waals surface area contributed by atoms with Crippen LogP contribution >= 0.6 is 0 Å². The molecule has 2 N–H and O–H groups in total. The third-order valence-corrected chi connectivity index (χ3v) is 6.73. The van der Waals surface area contributed by atoms with E-state index in [4.69, 9.17) is 9.47 Å². The van der Waals surface area contributed by atoms with Crippen molar-refractivity contribution in [1.82, 2.24) is 19.9 Å². The number of methoxy groups -OCH3 is 1. The van der Waals surface area contributed by atoms with E-state index in [1.165, 1.54) is 7.11 Å². The van der Waals surface area contributed by atoms with Gasteiger partial charge in [-0.15, -0.1) is 5.10 Å². The Labute approximate surface area is 223 Å². The summed E-state index contributed by atoms with van der Waals surface area (Å²) in [6.07, 6.45) is -0.640. The molecule has 1 amide bonds. The van der Waals surface area contributed by atoms with Crippen LogP contribution in [0, 0.1) is 23.7 Å². The number of benzene rings is 1. The minimum absolute atomic E-state index is 0.0384. The molecule has 202 valence electrons. The predicted molar refractivity (Wildman–Crippen MR) is 144 cm³/mol. The standard InChI is InChI=1S/C28H36N6O4/c1-18-20(14-29)24-31-23(21(35)15-37-6)32-34(24)25(22(18)19-10-8-7-9-11-19)33-13-12-28(5,17-33)16-30-26(36)38-27(2,3)4/h7-11,21,35H,12-13,15-17H2,1-6H3,(H,30,36)/t21?,28-/m0/s1. The molecule has 10 nitrogen and oxygen atoms in total. The Hall–Kier alpha value is -3.68. The molecule has 1 aliphatic rings. The molecule has 4 rings (SSSR count). The molecule has 38 heavy (non-hydrogen) atoms. The Balaban J connectivity index is 1.79. The van der Waals surface area contributed by atoms with E-state index in [9.17, 15) is 15.2 Å². The zero-order valence-electron chi connectivity index (χ0n) is 22.9. The Morgan fingerprint density at radius 1 is 1.32 bits per heavy atom. The summed E-state index contributed by atoms with van der Waals surface area (Å²) in [6, 6.07) is 12.2. The van der Waals surface area contributed by atoms with Gasteiger partial charge in [0.05, 0.1) is 6.61 Å². The van der Waals surface area contributed by atoms with Gasteiger partial charge in [0.1, 0.15) is 29.2 Å². The summed E-state index contributed by atoms with van der Waals surface area (Å²) in [5, 5.41) is 28.3. The molecular formula is C28H36N6O4. The molecule has 0 radical (unpaired) electrons. The Kier molecular flexibility index (Phi) is 7.63. The molecular weight excluding hydrogens is 484 g/mol. The van der Waals surface area contributed by atoms with Crippen molar-refractivity contribution in [3.05, 3.63) is 47.3 Å². The van der Waals surface area contributed by atoms with E-state index in [0.717, 1.165) is 28.9 Å². The number of nitrogens with one attached hydrogen (secondary N) is 1. The van der Waals surface area contributed by atoms with E-state index >= 15 is 0 Å². The van der Waals surface area contributed by atoms with Crippen LogP contribution in [0.5, 0.6) is 0 Å². The number of ether oxygens (including phenoxy) is 2. The number of aliphatic hydroxyl groups is 1. The largest absolute Gasteiger partial charge is 0.444 e. The summed E-state index contributed by atoms with van der Waals surface area (Å²) in [4.78, 5) is 19.1. The molecule has 2 atom stereocenters. The lowest BCUT2D eigenvalue weighted by Gasteiger charge is -2.29. The third kappa shape index (κ3) is 5.59. The average Bonchev–Trinajstić information content (AvgIpc) is 3.46. The van der Waals surface area contributed by atoms with E-state index in [1.54, 1.807) is 4.52 Å². The summed E-state index contributed by atoms with van der Waals surface area (Å²) >= 11 is 0. The minimum atomic E-state index is -1.03. The van der Waals surface area contributed by atoms with Crippen LogP contribution in [0.3, 0.4) is 0 Å². The SMILES string of the molecule is COCC(O)c1nc2c(C#N)c(C)c(-c3ccccc3)c(N3CC[C@@](C)(CNC(=O)OC(C)(C)C)C3)n2n1. The van der Waals surface area contributed by atoms with E-state index in [0.29, 0.717) is 30.8 Å². The van der Waals surface area contributed by atoms with Crippen LogP contribution < -0.4 is 10.2 Å². The van der Waals surface area contributed by atoms with Crippen molar-refractivity contribution < 1.29 is 19.4 Å². The molecule has 0 saturated carbocycles. The molecule has 0 spiro atoms. The van der Waals surface area contributed by atoms with Crippen LogP contribution in [0.15, 0.2) is 30.3 Å². The van der Waals surface area contributed by atoms with Crippen molar-refractivity contribution in [3.63, 3.8) is 0 Å². The van der Waals surface area contributed by atoms with Gasteiger partial charge in [0, 0.05) is 37.7 Å². The zero-order chi connectivity index (χ0) is 27.7. The number of fused-ring (bicyclic) bond motifs is 1. The highest BCUT2D eigenvalue weighted by Crippen LogP contribution is 2.41. The van der Waals surface area contributed by atoms with E-state index in [2.05, 4.69) is 33.3 Å². The number of hydrogen-bond acceptors (Lipinski definition) is 8. The van der Waals surface area contributed by atoms with Gasteiger partial charge in [0.2, 0.25) is 0 Å². The number of nitrogens with zero attached hydrogens (tertiary/aromatic N) is 5. The maximum atomic E-state index is 12.3. The molecule has 0 aliphatic carbocycles. The number of amides is 1. The maximum Gasteiger partial charge on any atom is 0.407 e. The van der Waals surface area contributed by atoms with Gasteiger partial charge in [-0.05, 0) is 45.2 Å². The molecule has 3 aromatic rings. The summed E-state index contributed by atoms with van der Waals surface area (Å²) in [5.41, 5.74) is 2.64. The predicted octanol–water partition coefficient (Wildman–Crippen LogP) is 4.00. The fraction of sp³-hybridized carbons (Fsp3) is 0.500. The second-order valence-corrected chi connectivity index (χ2v) is 11.2. The van der Waals surface area contributed by atoms with Crippen molar-refractivity contribution in [1.29, 1.82) is 5.26 Å². The second-order valence-electron chi connectivity index (χ2n) is 11.2. The Bertz CT molecular complexity index is 1360. The minimum Gasteiger partial charge on any atom is -0.444 e. The van der Waals surface area contributed by atoms with Gasteiger partial charge in [0.25, 0.3) is 0 Å². The lowest BCUT2D eigenvalue weighted by Crippen LogP contribution is -2.40. The summed E-state index contributed by atoms with van der Waals surface area (Å²) in [5.74, 6) is 0.995. The summed E-state index contributed by atoms with van der Waals surface area (Å²) in [7, 11) is 1.50. The fourth-order valence-corrected chi connectivity index (χ4v) is 4.90. The Morgan fingerprint density at radius 2 is 2.03 bits per heavy atom. The van der Waals surface area contributed by atoms with Crippen molar-refractivity contribution in [2.75, 3.05) is 38.3 Å². The van der Waals surface area contributed by atoms with E-state index < -0.39 is 17.8 Å². The molecule has 3 heterocycles. The normalized spacial score (nSPS) is 18.4. The topological polar surface area (TPSA) is 125 Å². The van der Waals surface area contributed by atoms with Crippen LogP contribution in [0.25, 0.3) is 16.8 Å². The number of alkyl carbamates (subject to hydrolysis) is 1. The molecule has 1 fully saturated rings. The highest BCUT2D eigenvalue weighted by atomic mass is 16.6. The second kappa shape index (κ2) is 10.6. The maximum absolute atomic E-state index is 12.3. The first-order chi connectivity index (χ1) is 18.0. The number of carbonyl (C=O) groups is 1. The molecule has 0 bridgehead atoms. The zero-order valence-corrected chi connectivity index (χ0v) is 22.9. The van der Waals surface area contributed by atoms with Crippen molar-refractivity contribution >= 4 is 17.6 Å². The lowest BCUT2D eigenvalue weighted by atomic mass is 9.90. The number of pyridine rings is 1. The van der Waals surface area contributed by atoms with Gasteiger partial charge >= 0.3 is 6.09 Å². The highest BCUT2D eigenvalue weighted by molar-refractivity contribution is 5.85. The van der Waals surface area contributed by atoms with Crippen molar-refractivity contribution in [3.8, 4) is 17.2 Å². The summed E-state index contributed by atoms with van der Waals surface area (Å²) < 4.78 is 12.2. The lowest BCUT2D eigenvalue weighted by molar-refractivity contribution is 0.0507. The quantitative estimate of drug-likeness (QED) is 0.479. The van der Waals surface area contributed by atoms with Gasteiger partial charge in [-0.25, -0.2) is 9.78 Å². The molecule has 10 heteroatoms. The van der Waals surface area contributed by atoms with Crippen LogP contribution in [0.4, 0.5) is 10.6 Å². The first kappa shape index (κ1) is 27.4. The summed E-state index contributed by atoms with van der Waals surface area (Å²) in [6.45, 7) is 11.4. The number of hydrogen-bond donors (Lipinski definition) is 2. The highest BCUT2D eigenvalue weighted by Gasteiger charge is 2.38. The van der Waals surface area contributed by atoms with Crippen LogP contribution in [0.1, 0.15) is 57.2 Å². The van der Waals surface area contributed by atoms with E-state index in [-0.39, 0.29) is 17.8 Å². The number of aliphatic hydroxyl groups excluding tert-OH is 1. The molecule has 1 saturated heterocycles. The smallest absolute Gasteiger partial charge is 0.407 e. The Morgan fingerprint density at radius 3 is 2.66 bits per heavy atom. The van der Waals surface area contributed by atoms with Gasteiger partial charge < -0.3 is 24.8 Å². The van der Waals surface area contributed by atoms with Gasteiger partial charge in [-0.3, -0.25) is 0 Å². The third-order valence-electron chi connectivity index (χ3n) is 6.73. The number of aromatic nitrogens is 3. The molecule has 1 aliphatic heterocycles. The molecule has 2 aromatic heterocycles. The van der Waals surface area contributed by atoms with Crippen LogP contribution in [0.2, 0.25) is 0 Å². The first-order valence-corrected chi connectivity index (χ1v) is 12.7. The fourth-order valence-electron chi connectivity index (χ4n) is 4.90. The molecule has 1 aromatic carbocycles. The van der Waals surface area contributed by atoms with Crippen LogP contribution in [-0.2, 0) is 9.47 Å². The van der Waals surface area contributed by atoms with Crippen molar-refractivity contribution in [2.45, 2.75) is 52.7 Å². The first-order valence-electron chi connectivity index (χ1n) is 12.7. The van der Waals surface area contributed by atoms with Crippen LogP contribution in [-0.4, -0.2) is 64.7 Å². The van der Waals surface area contributed by atoms with E-state index in [1.807, 2.05) is 58.0 Å². The van der Waals surface area contributed by atoms with Gasteiger partial charge in [0.15, 0.2) is 11.5 Å². The van der Waals surface area contributed by atoms with Gasteiger partial charge in [-0.1, -0.05) is 37.3 Å². The van der Waals surface area contributed by atoms with Crippen molar-refractivity contribution in [2.24, 2.45) is 5.41 Å². The number of nitriles is 1. The number of rotatable bonds is 7. The monoisotopic (exact) mass is 520 g/mol. The number of anilines is 1. The molecule has 1 unspecified atom stereocenters.